The van der Waals surface area contributed by atoms with Gasteiger partial charge in [-0.25, -0.2) is 0 Å². The van der Waals surface area contributed by atoms with E-state index in [1.54, 1.807) is 5.56 Å². The second kappa shape index (κ2) is 6.84. The van der Waals surface area contributed by atoms with Crippen LogP contribution in [0.2, 0.25) is 0 Å². The zero-order chi connectivity index (χ0) is 18.5. The molecule has 3 unspecified atom stereocenters. The predicted molar refractivity (Wildman–Crippen MR) is 116 cm³/mol. The summed E-state index contributed by atoms with van der Waals surface area (Å²) in [6.45, 7) is 4.86. The minimum Gasteiger partial charge on any atom is -0.377 e. The Balaban J connectivity index is 1.37. The van der Waals surface area contributed by atoms with Crippen LogP contribution >= 0.6 is 12.2 Å². The lowest BCUT2D eigenvalue weighted by Crippen LogP contribution is -2.58. The van der Waals surface area contributed by atoms with E-state index >= 15 is 0 Å². The van der Waals surface area contributed by atoms with Crippen LogP contribution in [0.3, 0.4) is 0 Å². The average molecular weight is 383 g/mol. The lowest BCUT2D eigenvalue weighted by molar-refractivity contribution is -0.0770. The summed E-state index contributed by atoms with van der Waals surface area (Å²) in [6, 6.07) is 12.0. The Hall–Kier alpha value is -0.930. The standard InChI is InChI=1S/C24H34N2S/c1-23-14-17-13-20(22(27)26-19-8-11-25-12-9-19)21(23)7-10-24(15-17,16-23)18-5-3-2-4-6-18/h2-6,17,19-21,25H,7-16H2,1H3,(H,26,27)/t17?,20?,21?,23-,24-/m1/s1. The van der Waals surface area contributed by atoms with Gasteiger partial charge in [-0.05, 0) is 92.7 Å². The molecular weight excluding hydrogens is 348 g/mol. The smallest absolute Gasteiger partial charge is 0.0790 e. The molecule has 0 spiro atoms. The Kier molecular flexibility index (Phi) is 4.59. The molecule has 27 heavy (non-hydrogen) atoms. The molecule has 3 heteroatoms. The van der Waals surface area contributed by atoms with Crippen LogP contribution in [0, 0.1) is 23.2 Å². The summed E-state index contributed by atoms with van der Waals surface area (Å²) in [5.41, 5.74) is 2.51. The van der Waals surface area contributed by atoms with E-state index in [4.69, 9.17) is 12.2 Å². The maximum Gasteiger partial charge on any atom is 0.0790 e. The van der Waals surface area contributed by atoms with Crippen LogP contribution in [0.4, 0.5) is 0 Å². The van der Waals surface area contributed by atoms with Gasteiger partial charge in [0.2, 0.25) is 0 Å². The van der Waals surface area contributed by atoms with Crippen molar-refractivity contribution in [1.29, 1.82) is 0 Å². The lowest BCUT2D eigenvalue weighted by Gasteiger charge is -2.63. The number of fused-ring (bicyclic) bond motifs is 2. The summed E-state index contributed by atoms with van der Waals surface area (Å²) in [5.74, 6) is 2.25. The van der Waals surface area contributed by atoms with Gasteiger partial charge in [0.15, 0.2) is 0 Å². The Morgan fingerprint density at radius 1 is 1.11 bits per heavy atom. The van der Waals surface area contributed by atoms with Gasteiger partial charge in [0.1, 0.15) is 0 Å². The highest BCUT2D eigenvalue weighted by molar-refractivity contribution is 7.80. The largest absolute Gasteiger partial charge is 0.377 e. The summed E-state index contributed by atoms with van der Waals surface area (Å²) >= 11 is 6.03. The van der Waals surface area contributed by atoms with Crippen molar-refractivity contribution in [3.8, 4) is 0 Å². The van der Waals surface area contributed by atoms with Gasteiger partial charge in [-0.3, -0.25) is 0 Å². The third kappa shape index (κ3) is 3.15. The summed E-state index contributed by atoms with van der Waals surface area (Å²) in [5, 5.41) is 7.28. The third-order valence-corrected chi connectivity index (χ3v) is 8.91. The van der Waals surface area contributed by atoms with Crippen molar-refractivity contribution in [2.75, 3.05) is 13.1 Å². The van der Waals surface area contributed by atoms with Gasteiger partial charge in [-0.15, -0.1) is 0 Å². The van der Waals surface area contributed by atoms with Crippen LogP contribution in [0.5, 0.6) is 0 Å². The van der Waals surface area contributed by atoms with Gasteiger partial charge >= 0.3 is 0 Å². The summed E-state index contributed by atoms with van der Waals surface area (Å²) < 4.78 is 0. The van der Waals surface area contributed by atoms with Crippen molar-refractivity contribution in [2.24, 2.45) is 23.2 Å². The average Bonchev–Trinajstić information content (AvgIpc) is 2.66. The molecule has 2 N–H and O–H groups in total. The fraction of sp³-hybridized carbons (Fsp3) is 0.708. The predicted octanol–water partition coefficient (Wildman–Crippen LogP) is 4.83. The third-order valence-electron chi connectivity index (χ3n) is 8.49. The number of benzene rings is 1. The summed E-state index contributed by atoms with van der Waals surface area (Å²) in [7, 11) is 0. The second-order valence-corrected chi connectivity index (χ2v) is 10.7. The number of piperidine rings is 1. The Bertz CT molecular complexity index is 698. The van der Waals surface area contributed by atoms with Crippen molar-refractivity contribution in [3.63, 3.8) is 0 Å². The normalized spacial score (nSPS) is 41.3. The maximum absolute atomic E-state index is 6.03. The van der Waals surface area contributed by atoms with E-state index in [1.165, 1.54) is 56.4 Å². The van der Waals surface area contributed by atoms with Crippen LogP contribution in [0.15, 0.2) is 30.3 Å². The van der Waals surface area contributed by atoms with E-state index in [1.807, 2.05) is 0 Å². The highest BCUT2D eigenvalue weighted by atomic mass is 32.1. The highest BCUT2D eigenvalue weighted by Gasteiger charge is 2.58. The fourth-order valence-corrected chi connectivity index (χ4v) is 7.98. The van der Waals surface area contributed by atoms with E-state index in [2.05, 4.69) is 47.9 Å². The second-order valence-electron chi connectivity index (χ2n) is 10.3. The van der Waals surface area contributed by atoms with E-state index < -0.39 is 0 Å². The summed E-state index contributed by atoms with van der Waals surface area (Å²) in [6.07, 6.45) is 10.7. The molecule has 3 saturated carbocycles. The monoisotopic (exact) mass is 382 g/mol. The number of hydrogen-bond acceptors (Lipinski definition) is 2. The Labute approximate surface area is 169 Å². The van der Waals surface area contributed by atoms with E-state index in [-0.39, 0.29) is 0 Å². The molecule has 4 fully saturated rings. The van der Waals surface area contributed by atoms with Crippen LogP contribution in [-0.4, -0.2) is 24.1 Å². The molecule has 3 aliphatic carbocycles. The first-order valence-electron chi connectivity index (χ1n) is 11.1. The summed E-state index contributed by atoms with van der Waals surface area (Å²) in [4.78, 5) is 1.21. The van der Waals surface area contributed by atoms with Gasteiger partial charge in [0, 0.05) is 12.0 Å². The van der Waals surface area contributed by atoms with Gasteiger partial charge in [-0.1, -0.05) is 49.5 Å². The molecule has 1 aliphatic heterocycles. The quantitative estimate of drug-likeness (QED) is 0.732. The zero-order valence-corrected chi connectivity index (χ0v) is 17.5. The molecule has 5 rings (SSSR count). The molecular formula is C24H34N2S. The minimum absolute atomic E-state index is 0.435. The maximum atomic E-state index is 6.03. The van der Waals surface area contributed by atoms with Crippen LogP contribution in [-0.2, 0) is 5.41 Å². The molecule has 4 aliphatic rings. The van der Waals surface area contributed by atoms with Crippen molar-refractivity contribution >= 4 is 17.2 Å². The molecule has 1 aromatic rings. The van der Waals surface area contributed by atoms with Gasteiger partial charge in [-0.2, -0.15) is 0 Å². The van der Waals surface area contributed by atoms with Crippen molar-refractivity contribution in [2.45, 2.75) is 69.7 Å². The van der Waals surface area contributed by atoms with Crippen LogP contribution in [0.1, 0.15) is 63.9 Å². The topological polar surface area (TPSA) is 24.1 Å². The van der Waals surface area contributed by atoms with Crippen LogP contribution in [0.25, 0.3) is 0 Å². The van der Waals surface area contributed by atoms with E-state index in [9.17, 15) is 0 Å². The number of rotatable bonds is 3. The van der Waals surface area contributed by atoms with Gasteiger partial charge in [0.05, 0.1) is 4.99 Å². The lowest BCUT2D eigenvalue weighted by atomic mass is 9.42. The number of hydrogen-bond donors (Lipinski definition) is 2. The van der Waals surface area contributed by atoms with Crippen molar-refractivity contribution < 1.29 is 0 Å². The molecule has 1 saturated heterocycles. The van der Waals surface area contributed by atoms with Crippen molar-refractivity contribution in [3.05, 3.63) is 35.9 Å². The number of nitrogens with one attached hydrogen (secondary N) is 2. The zero-order valence-electron chi connectivity index (χ0n) is 16.7. The van der Waals surface area contributed by atoms with Gasteiger partial charge < -0.3 is 10.6 Å². The fourth-order valence-electron chi connectivity index (χ4n) is 7.55. The van der Waals surface area contributed by atoms with Crippen molar-refractivity contribution in [1.82, 2.24) is 10.6 Å². The molecule has 5 atom stereocenters. The molecule has 3 bridgehead atoms. The SMILES string of the molecule is C[C@]12CC3CC(C(=S)NC4CCNCC4)C1CC[C@@](c1ccccc1)(C3)C2. The minimum atomic E-state index is 0.435. The Morgan fingerprint density at radius 2 is 1.89 bits per heavy atom. The first-order valence-corrected chi connectivity index (χ1v) is 11.6. The Morgan fingerprint density at radius 3 is 2.67 bits per heavy atom. The molecule has 2 nitrogen and oxygen atoms in total. The van der Waals surface area contributed by atoms with Crippen LogP contribution < -0.4 is 10.6 Å². The number of thiocarbonyl (C=S) groups is 1. The molecule has 1 heterocycles. The molecule has 1 aromatic carbocycles. The van der Waals surface area contributed by atoms with Gasteiger partial charge in [0.25, 0.3) is 0 Å². The molecule has 0 amide bonds. The molecule has 146 valence electrons. The molecule has 0 radical (unpaired) electrons. The first kappa shape index (κ1) is 18.1. The highest BCUT2D eigenvalue weighted by Crippen LogP contribution is 2.66. The van der Waals surface area contributed by atoms with E-state index in [0.29, 0.717) is 22.8 Å². The van der Waals surface area contributed by atoms with E-state index in [0.717, 1.165) is 24.9 Å². The molecule has 0 aromatic heterocycles. The first-order chi connectivity index (χ1) is 13.1.